The number of hydrogen-bond donors (Lipinski definition) is 1. The van der Waals surface area contributed by atoms with Crippen molar-refractivity contribution in [2.75, 3.05) is 19.8 Å². The largest absolute Gasteiger partial charge is 0.506 e. The van der Waals surface area contributed by atoms with Crippen LogP contribution in [0.4, 0.5) is 4.79 Å². The molecule has 0 unspecified atom stereocenters. The SMILES string of the molecule is CCOC(=O)C#Cc1c(C(=O)OCC)nnn1[C@@H]1O[C@H](COC(C)=O)[C@@H](OC(C)=O)[C@H](OC(C)=O)[C@H]1OC(=O)O. The fraction of sp³-hybridized carbons (Fsp3) is 0.565. The van der Waals surface area contributed by atoms with Crippen molar-refractivity contribution in [3.63, 3.8) is 0 Å². The molecule has 5 atom stereocenters. The third-order valence-corrected chi connectivity index (χ3v) is 4.86. The molecule has 17 nitrogen and oxygen atoms in total. The van der Waals surface area contributed by atoms with Gasteiger partial charge in [-0.2, -0.15) is 0 Å². The van der Waals surface area contributed by atoms with Gasteiger partial charge >= 0.3 is 36.0 Å². The number of carboxylic acid groups (broad SMARTS) is 1. The van der Waals surface area contributed by atoms with Crippen molar-refractivity contribution < 1.29 is 67.0 Å². The quantitative estimate of drug-likeness (QED) is 0.230. The summed E-state index contributed by atoms with van der Waals surface area (Å²) in [5, 5.41) is 17.0. The Morgan fingerprint density at radius 2 is 1.50 bits per heavy atom. The molecule has 1 aliphatic heterocycles. The molecule has 1 aromatic rings. The molecule has 0 amide bonds. The zero-order valence-corrected chi connectivity index (χ0v) is 22.1. The molecule has 1 aliphatic rings. The van der Waals surface area contributed by atoms with Crippen LogP contribution in [0.1, 0.15) is 57.0 Å². The van der Waals surface area contributed by atoms with E-state index in [0.29, 0.717) is 0 Å². The monoisotopic (exact) mass is 569 g/mol. The average Bonchev–Trinajstić information content (AvgIpc) is 3.27. The summed E-state index contributed by atoms with van der Waals surface area (Å²) in [6, 6.07) is 0. The molecule has 2 rings (SSSR count). The van der Waals surface area contributed by atoms with Crippen molar-refractivity contribution in [1.82, 2.24) is 15.0 Å². The number of carbonyl (C=O) groups is 6. The van der Waals surface area contributed by atoms with E-state index >= 15 is 0 Å². The molecule has 0 bridgehead atoms. The second-order valence-corrected chi connectivity index (χ2v) is 7.79. The molecule has 1 fully saturated rings. The van der Waals surface area contributed by atoms with Crippen molar-refractivity contribution in [2.24, 2.45) is 0 Å². The standard InChI is InChI=1S/C23H27N3O14/c1-6-34-16(30)9-8-14-17(22(31)35-7-2)24-25-26(14)21-20(40-23(32)33)19(38-13(5)29)18(37-12(4)28)15(39-21)10-36-11(3)27/h15,18-21H,6-7,10H2,1-5H3,(H,32,33)/t15-,18-,19+,20-,21-/m1/s1. The minimum Gasteiger partial charge on any atom is -0.463 e. The van der Waals surface area contributed by atoms with E-state index in [2.05, 4.69) is 22.2 Å². The number of esters is 5. The summed E-state index contributed by atoms with van der Waals surface area (Å²) in [6.45, 7) is 5.54. The van der Waals surface area contributed by atoms with E-state index < -0.39 is 84.6 Å². The van der Waals surface area contributed by atoms with Gasteiger partial charge in [0.25, 0.3) is 0 Å². The first-order chi connectivity index (χ1) is 18.9. The van der Waals surface area contributed by atoms with E-state index in [-0.39, 0.29) is 13.2 Å². The summed E-state index contributed by atoms with van der Waals surface area (Å²) in [5.74, 6) is -0.0312. The lowest BCUT2D eigenvalue weighted by molar-refractivity contribution is -0.267. The van der Waals surface area contributed by atoms with Crippen LogP contribution in [0.2, 0.25) is 0 Å². The molecule has 218 valence electrons. The summed E-state index contributed by atoms with van der Waals surface area (Å²) in [4.78, 5) is 71.5. The van der Waals surface area contributed by atoms with Crippen molar-refractivity contribution in [3.05, 3.63) is 11.4 Å². The predicted octanol–water partition coefficient (Wildman–Crippen LogP) is -0.243. The number of nitrogens with zero attached hydrogens (tertiary/aromatic N) is 3. The van der Waals surface area contributed by atoms with Gasteiger partial charge in [0.15, 0.2) is 24.5 Å². The topological polar surface area (TPSA) is 218 Å². The van der Waals surface area contributed by atoms with E-state index in [4.69, 9.17) is 33.2 Å². The van der Waals surface area contributed by atoms with E-state index in [1.807, 2.05) is 0 Å². The molecule has 0 spiro atoms. The van der Waals surface area contributed by atoms with Crippen LogP contribution in [-0.2, 0) is 52.3 Å². The zero-order valence-electron chi connectivity index (χ0n) is 22.1. The van der Waals surface area contributed by atoms with E-state index in [1.54, 1.807) is 0 Å². The van der Waals surface area contributed by atoms with Crippen LogP contribution in [-0.4, -0.2) is 100 Å². The normalized spacial score (nSPS) is 21.6. The highest BCUT2D eigenvalue weighted by Crippen LogP contribution is 2.35. The summed E-state index contributed by atoms with van der Waals surface area (Å²) in [5.41, 5.74) is -0.881. The first-order valence-corrected chi connectivity index (χ1v) is 11.7. The minimum atomic E-state index is -1.86. The molecule has 2 heterocycles. The van der Waals surface area contributed by atoms with Crippen LogP contribution < -0.4 is 0 Å². The molecular formula is C23H27N3O14. The van der Waals surface area contributed by atoms with E-state index in [9.17, 15) is 33.9 Å². The van der Waals surface area contributed by atoms with Crippen LogP contribution in [0, 0.1) is 11.8 Å². The van der Waals surface area contributed by atoms with Gasteiger partial charge in [0.1, 0.15) is 18.4 Å². The van der Waals surface area contributed by atoms with Crippen LogP contribution in [0.5, 0.6) is 0 Å². The number of carbonyl (C=O) groups excluding carboxylic acids is 5. The Bertz CT molecular complexity index is 1200. The molecule has 17 heteroatoms. The maximum Gasteiger partial charge on any atom is 0.506 e. The Morgan fingerprint density at radius 3 is 2.05 bits per heavy atom. The number of rotatable bonds is 9. The first-order valence-electron chi connectivity index (χ1n) is 11.7. The fourth-order valence-electron chi connectivity index (χ4n) is 3.53. The van der Waals surface area contributed by atoms with Crippen molar-refractivity contribution in [2.45, 2.75) is 65.3 Å². The third kappa shape index (κ3) is 8.39. The van der Waals surface area contributed by atoms with Gasteiger partial charge in [-0.15, -0.1) is 5.10 Å². The first kappa shape index (κ1) is 31.5. The van der Waals surface area contributed by atoms with Gasteiger partial charge in [-0.05, 0) is 19.8 Å². The van der Waals surface area contributed by atoms with Crippen molar-refractivity contribution in [1.29, 1.82) is 0 Å². The summed E-state index contributed by atoms with van der Waals surface area (Å²) < 4.78 is 36.9. The lowest BCUT2D eigenvalue weighted by Crippen LogP contribution is -2.60. The van der Waals surface area contributed by atoms with E-state index in [1.165, 1.54) is 13.8 Å². The van der Waals surface area contributed by atoms with Gasteiger partial charge in [-0.1, -0.05) is 5.21 Å². The van der Waals surface area contributed by atoms with Crippen molar-refractivity contribution in [3.8, 4) is 11.8 Å². The molecule has 1 aromatic heterocycles. The van der Waals surface area contributed by atoms with Gasteiger partial charge in [-0.3, -0.25) is 14.4 Å². The average molecular weight is 569 g/mol. The summed E-state index contributed by atoms with van der Waals surface area (Å²) in [6.07, 6.45) is -10.0. The Morgan fingerprint density at radius 1 is 0.875 bits per heavy atom. The maximum atomic E-state index is 12.5. The second kappa shape index (κ2) is 14.4. The highest BCUT2D eigenvalue weighted by atomic mass is 16.7. The molecule has 1 N–H and O–H groups in total. The number of ether oxygens (including phenoxy) is 7. The van der Waals surface area contributed by atoms with Crippen LogP contribution in [0.25, 0.3) is 0 Å². The molecular weight excluding hydrogens is 542 g/mol. The van der Waals surface area contributed by atoms with Gasteiger partial charge in [0.2, 0.25) is 5.69 Å². The van der Waals surface area contributed by atoms with Crippen LogP contribution in [0.15, 0.2) is 0 Å². The highest BCUT2D eigenvalue weighted by molar-refractivity contribution is 5.92. The number of aromatic nitrogens is 3. The van der Waals surface area contributed by atoms with Crippen molar-refractivity contribution >= 4 is 36.0 Å². The number of hydrogen-bond acceptors (Lipinski definition) is 15. The Kier molecular flexibility index (Phi) is 11.4. The third-order valence-electron chi connectivity index (χ3n) is 4.86. The van der Waals surface area contributed by atoms with Crippen LogP contribution in [0.3, 0.4) is 0 Å². The molecule has 0 aromatic carbocycles. The van der Waals surface area contributed by atoms with Gasteiger partial charge in [0.05, 0.1) is 13.2 Å². The Labute approximate surface area is 226 Å². The zero-order chi connectivity index (χ0) is 30.0. The molecule has 0 saturated carbocycles. The van der Waals surface area contributed by atoms with Crippen LogP contribution >= 0.6 is 0 Å². The smallest absolute Gasteiger partial charge is 0.463 e. The van der Waals surface area contributed by atoms with Gasteiger partial charge in [-0.25, -0.2) is 19.1 Å². The molecule has 0 radical (unpaired) electrons. The second-order valence-electron chi connectivity index (χ2n) is 7.79. The lowest BCUT2D eigenvalue weighted by Gasteiger charge is -2.43. The molecule has 40 heavy (non-hydrogen) atoms. The maximum absolute atomic E-state index is 12.5. The highest BCUT2D eigenvalue weighted by Gasteiger charge is 2.54. The predicted molar refractivity (Wildman–Crippen MR) is 124 cm³/mol. The molecule has 1 saturated heterocycles. The molecule has 0 aliphatic carbocycles. The van der Waals surface area contributed by atoms with E-state index in [0.717, 1.165) is 25.5 Å². The fourth-order valence-corrected chi connectivity index (χ4v) is 3.53. The minimum absolute atomic E-state index is 0.00451. The van der Waals surface area contributed by atoms with Gasteiger partial charge in [0, 0.05) is 26.7 Å². The lowest BCUT2D eigenvalue weighted by atomic mass is 9.97. The Balaban J connectivity index is 2.76. The Hall–Kier alpha value is -4.72. The van der Waals surface area contributed by atoms with Gasteiger partial charge < -0.3 is 38.3 Å². The summed E-state index contributed by atoms with van der Waals surface area (Å²) >= 11 is 0. The summed E-state index contributed by atoms with van der Waals surface area (Å²) in [7, 11) is 0.